The first kappa shape index (κ1) is 14.6. The van der Waals surface area contributed by atoms with Crippen LogP contribution >= 0.6 is 12.4 Å². The number of aromatic nitrogens is 1. The Hall–Kier alpha value is -1.77. The maximum atomic E-state index is 5.76. The normalized spacial score (nSPS) is 10.5. The van der Waals surface area contributed by atoms with Crippen molar-refractivity contribution in [3.8, 4) is 5.69 Å². The van der Waals surface area contributed by atoms with E-state index in [-0.39, 0.29) is 12.4 Å². The molecule has 2 N–H and O–H groups in total. The number of nitrogens with zero attached hydrogens (tertiary/aromatic N) is 1. The van der Waals surface area contributed by atoms with Crippen molar-refractivity contribution >= 4 is 23.3 Å². The van der Waals surface area contributed by atoms with Crippen molar-refractivity contribution in [2.45, 2.75) is 13.3 Å². The summed E-state index contributed by atoms with van der Waals surface area (Å²) in [6.45, 7) is 2.86. The number of halogens is 1. The summed E-state index contributed by atoms with van der Waals surface area (Å²) >= 11 is 0. The van der Waals surface area contributed by atoms with Gasteiger partial charge in [-0.05, 0) is 43.7 Å². The van der Waals surface area contributed by atoms with Gasteiger partial charge in [-0.3, -0.25) is 0 Å². The molecule has 0 fully saturated rings. The quantitative estimate of drug-likeness (QED) is 0.779. The Balaban J connectivity index is 0.00000147. The first-order valence-electron chi connectivity index (χ1n) is 6.67. The molecular weight excluding hydrogens is 268 g/mol. The predicted octanol–water partition coefficient (Wildman–Crippen LogP) is 3.86. The number of nitrogens with two attached hydrogens (primary N) is 1. The first-order valence-corrected chi connectivity index (χ1v) is 6.67. The van der Waals surface area contributed by atoms with Crippen LogP contribution in [0.25, 0.3) is 16.6 Å². The van der Waals surface area contributed by atoms with Gasteiger partial charge in [0.2, 0.25) is 0 Å². The molecule has 20 heavy (non-hydrogen) atoms. The van der Waals surface area contributed by atoms with Gasteiger partial charge in [-0.15, -0.1) is 12.4 Å². The summed E-state index contributed by atoms with van der Waals surface area (Å²) in [5, 5.41) is 1.31. The van der Waals surface area contributed by atoms with Gasteiger partial charge < -0.3 is 10.3 Å². The molecule has 0 aliphatic heterocycles. The zero-order valence-electron chi connectivity index (χ0n) is 11.5. The second-order valence-electron chi connectivity index (χ2n) is 4.79. The highest BCUT2D eigenvalue weighted by atomic mass is 35.5. The van der Waals surface area contributed by atoms with Crippen LogP contribution in [0.15, 0.2) is 54.6 Å². The lowest BCUT2D eigenvalue weighted by Crippen LogP contribution is -2.04. The average Bonchev–Trinajstić information content (AvgIpc) is 2.73. The molecule has 2 nitrogen and oxygen atoms in total. The molecule has 0 saturated carbocycles. The number of benzene rings is 2. The fourth-order valence-electron chi connectivity index (χ4n) is 2.80. The Morgan fingerprint density at radius 3 is 2.30 bits per heavy atom. The number of rotatable bonds is 3. The van der Waals surface area contributed by atoms with Crippen molar-refractivity contribution < 1.29 is 0 Å². The predicted molar refractivity (Wildman–Crippen MR) is 88.0 cm³/mol. The van der Waals surface area contributed by atoms with Crippen LogP contribution in [0.1, 0.15) is 11.3 Å². The van der Waals surface area contributed by atoms with Crippen molar-refractivity contribution in [3.63, 3.8) is 0 Å². The van der Waals surface area contributed by atoms with Crippen molar-refractivity contribution in [1.82, 2.24) is 4.57 Å². The van der Waals surface area contributed by atoms with Crippen LogP contribution in [0.3, 0.4) is 0 Å². The van der Waals surface area contributed by atoms with Crippen LogP contribution in [0.2, 0.25) is 0 Å². The molecule has 0 radical (unpaired) electrons. The summed E-state index contributed by atoms with van der Waals surface area (Å²) in [5.74, 6) is 0. The first-order chi connectivity index (χ1) is 9.33. The molecule has 1 aromatic heterocycles. The topological polar surface area (TPSA) is 30.9 Å². The molecule has 2 aromatic carbocycles. The van der Waals surface area contributed by atoms with Crippen LogP contribution in [-0.4, -0.2) is 11.1 Å². The SMILES string of the molecule is Cc1c(CCN)c2ccccc2n1-c1ccccc1.Cl. The lowest BCUT2D eigenvalue weighted by Gasteiger charge is -2.08. The third kappa shape index (κ3) is 2.33. The van der Waals surface area contributed by atoms with Gasteiger partial charge in [0, 0.05) is 16.8 Å². The fraction of sp³-hybridized carbons (Fsp3) is 0.176. The van der Waals surface area contributed by atoms with Crippen LogP contribution in [-0.2, 0) is 6.42 Å². The molecule has 3 rings (SSSR count). The summed E-state index contributed by atoms with van der Waals surface area (Å²) < 4.78 is 2.32. The lowest BCUT2D eigenvalue weighted by atomic mass is 10.1. The van der Waals surface area contributed by atoms with Gasteiger partial charge in [0.25, 0.3) is 0 Å². The van der Waals surface area contributed by atoms with Gasteiger partial charge in [0.1, 0.15) is 0 Å². The molecule has 0 atom stereocenters. The van der Waals surface area contributed by atoms with Crippen molar-refractivity contribution in [3.05, 3.63) is 65.9 Å². The molecule has 0 bridgehead atoms. The lowest BCUT2D eigenvalue weighted by molar-refractivity contribution is 0.941. The average molecular weight is 287 g/mol. The Bertz CT molecular complexity index is 702. The second kappa shape index (κ2) is 6.12. The minimum Gasteiger partial charge on any atom is -0.330 e. The molecular formula is C17H19ClN2. The maximum absolute atomic E-state index is 5.76. The molecule has 0 aliphatic rings. The third-order valence-corrected chi connectivity index (χ3v) is 3.65. The largest absolute Gasteiger partial charge is 0.330 e. The standard InChI is InChI=1S/C17H18N2.ClH/c1-13-15(11-12-18)16-9-5-6-10-17(16)19(13)14-7-3-2-4-8-14;/h2-10H,11-12,18H2,1H3;1H. The zero-order chi connectivity index (χ0) is 13.2. The molecule has 104 valence electrons. The highest BCUT2D eigenvalue weighted by molar-refractivity contribution is 5.87. The smallest absolute Gasteiger partial charge is 0.0534 e. The van der Waals surface area contributed by atoms with E-state index in [0.29, 0.717) is 6.54 Å². The Morgan fingerprint density at radius 2 is 1.60 bits per heavy atom. The second-order valence-corrected chi connectivity index (χ2v) is 4.79. The molecule has 0 spiro atoms. The van der Waals surface area contributed by atoms with Gasteiger partial charge in [-0.2, -0.15) is 0 Å². The molecule has 3 aromatic rings. The van der Waals surface area contributed by atoms with Gasteiger partial charge in [-0.1, -0.05) is 36.4 Å². The van der Waals surface area contributed by atoms with E-state index in [1.807, 2.05) is 6.07 Å². The molecule has 3 heteroatoms. The van der Waals surface area contributed by atoms with E-state index in [4.69, 9.17) is 5.73 Å². The maximum Gasteiger partial charge on any atom is 0.0534 e. The molecule has 0 amide bonds. The number of hydrogen-bond donors (Lipinski definition) is 1. The minimum atomic E-state index is 0. The zero-order valence-corrected chi connectivity index (χ0v) is 12.4. The Kier molecular flexibility index (Phi) is 4.48. The van der Waals surface area contributed by atoms with Gasteiger partial charge in [0.05, 0.1) is 5.52 Å². The van der Waals surface area contributed by atoms with E-state index in [1.54, 1.807) is 0 Å². The van der Waals surface area contributed by atoms with Crippen molar-refractivity contribution in [2.24, 2.45) is 5.73 Å². The van der Waals surface area contributed by atoms with Crippen molar-refractivity contribution in [1.29, 1.82) is 0 Å². The van der Waals surface area contributed by atoms with Gasteiger partial charge in [0.15, 0.2) is 0 Å². The van der Waals surface area contributed by atoms with Gasteiger partial charge in [-0.25, -0.2) is 0 Å². The third-order valence-electron chi connectivity index (χ3n) is 3.65. The van der Waals surface area contributed by atoms with E-state index in [2.05, 4.69) is 60.0 Å². The van der Waals surface area contributed by atoms with E-state index in [9.17, 15) is 0 Å². The molecule has 0 unspecified atom stereocenters. The monoisotopic (exact) mass is 286 g/mol. The van der Waals surface area contributed by atoms with E-state index in [0.717, 1.165) is 6.42 Å². The number of hydrogen-bond acceptors (Lipinski definition) is 1. The molecule has 1 heterocycles. The summed E-state index contributed by atoms with van der Waals surface area (Å²) in [6, 6.07) is 19.0. The Labute approximate surface area is 125 Å². The molecule has 0 aliphatic carbocycles. The Morgan fingerprint density at radius 1 is 0.950 bits per heavy atom. The summed E-state index contributed by atoms with van der Waals surface area (Å²) in [6.07, 6.45) is 0.923. The highest BCUT2D eigenvalue weighted by Gasteiger charge is 2.13. The summed E-state index contributed by atoms with van der Waals surface area (Å²) in [7, 11) is 0. The van der Waals surface area contributed by atoms with Crippen LogP contribution in [0.5, 0.6) is 0 Å². The van der Waals surface area contributed by atoms with E-state index >= 15 is 0 Å². The van der Waals surface area contributed by atoms with Crippen LogP contribution < -0.4 is 5.73 Å². The van der Waals surface area contributed by atoms with E-state index < -0.39 is 0 Å². The summed E-state index contributed by atoms with van der Waals surface area (Å²) in [4.78, 5) is 0. The summed E-state index contributed by atoms with van der Waals surface area (Å²) in [5.41, 5.74) is 10.9. The minimum absolute atomic E-state index is 0. The molecule has 0 saturated heterocycles. The fourth-order valence-corrected chi connectivity index (χ4v) is 2.80. The van der Waals surface area contributed by atoms with Crippen molar-refractivity contribution in [2.75, 3.05) is 6.54 Å². The number of fused-ring (bicyclic) bond motifs is 1. The van der Waals surface area contributed by atoms with E-state index in [1.165, 1.54) is 27.8 Å². The number of para-hydroxylation sites is 2. The van der Waals surface area contributed by atoms with Crippen LogP contribution in [0, 0.1) is 6.92 Å². The highest BCUT2D eigenvalue weighted by Crippen LogP contribution is 2.29. The van der Waals surface area contributed by atoms with Crippen LogP contribution in [0.4, 0.5) is 0 Å². The van der Waals surface area contributed by atoms with Gasteiger partial charge >= 0.3 is 0 Å².